The molecule has 0 radical (unpaired) electrons. The third-order valence-electron chi connectivity index (χ3n) is 12.2. The highest BCUT2D eigenvalue weighted by atomic mass is 16.6. The molecule has 0 saturated heterocycles. The van der Waals surface area contributed by atoms with E-state index in [9.17, 15) is 14.4 Å². The second kappa shape index (κ2) is 51.5. The Hall–Kier alpha value is -2.11. The predicted molar refractivity (Wildman–Crippen MR) is 266 cm³/mol. The van der Waals surface area contributed by atoms with E-state index in [2.05, 4.69) is 45.1 Å². The van der Waals surface area contributed by atoms with Crippen molar-refractivity contribution in [2.45, 2.75) is 303 Å². The summed E-state index contributed by atoms with van der Waals surface area (Å²) in [5.41, 5.74) is 0. The highest BCUT2D eigenvalue weighted by molar-refractivity contribution is 5.71. The molecule has 1 atom stereocenters. The minimum atomic E-state index is -0.765. The molecule has 0 aliphatic carbocycles. The van der Waals surface area contributed by atoms with Crippen molar-refractivity contribution in [2.24, 2.45) is 0 Å². The van der Waals surface area contributed by atoms with E-state index in [-0.39, 0.29) is 31.1 Å². The van der Waals surface area contributed by atoms with Gasteiger partial charge in [0.15, 0.2) is 6.10 Å². The van der Waals surface area contributed by atoms with Gasteiger partial charge in [0, 0.05) is 19.3 Å². The van der Waals surface area contributed by atoms with Gasteiger partial charge in [-0.05, 0) is 51.4 Å². The largest absolute Gasteiger partial charge is 0.462 e. The average molecular weight is 873 g/mol. The molecule has 1 unspecified atom stereocenters. The van der Waals surface area contributed by atoms with Gasteiger partial charge in [-0.25, -0.2) is 0 Å². The number of hydrogen-bond donors (Lipinski definition) is 0. The van der Waals surface area contributed by atoms with Crippen molar-refractivity contribution in [2.75, 3.05) is 13.2 Å². The molecule has 0 aliphatic rings. The summed E-state index contributed by atoms with van der Waals surface area (Å²) in [5.74, 6) is -0.866. The van der Waals surface area contributed by atoms with Crippen LogP contribution < -0.4 is 0 Å². The molecule has 0 amide bonds. The van der Waals surface area contributed by atoms with E-state index in [0.29, 0.717) is 19.3 Å². The molecule has 0 aliphatic heterocycles. The highest BCUT2D eigenvalue weighted by Crippen LogP contribution is 2.17. The van der Waals surface area contributed by atoms with E-state index in [1.165, 1.54) is 193 Å². The lowest BCUT2D eigenvalue weighted by Crippen LogP contribution is -2.30. The fourth-order valence-corrected chi connectivity index (χ4v) is 8.06. The molecule has 6 nitrogen and oxygen atoms in total. The fourth-order valence-electron chi connectivity index (χ4n) is 8.06. The summed E-state index contributed by atoms with van der Waals surface area (Å²) < 4.78 is 16.7. The van der Waals surface area contributed by atoms with E-state index in [4.69, 9.17) is 14.2 Å². The van der Waals surface area contributed by atoms with Gasteiger partial charge in [0.05, 0.1) is 0 Å². The molecule has 0 saturated carbocycles. The van der Waals surface area contributed by atoms with E-state index < -0.39 is 6.10 Å². The van der Waals surface area contributed by atoms with Crippen LogP contribution in [0.25, 0.3) is 0 Å². The number of esters is 3. The van der Waals surface area contributed by atoms with Crippen LogP contribution in [-0.2, 0) is 28.6 Å². The molecular formula is C56H104O6. The monoisotopic (exact) mass is 873 g/mol. The van der Waals surface area contributed by atoms with Crippen LogP contribution in [0, 0.1) is 0 Å². The zero-order valence-corrected chi connectivity index (χ0v) is 41.7. The van der Waals surface area contributed by atoms with Crippen molar-refractivity contribution in [1.29, 1.82) is 0 Å². The molecule has 0 spiro atoms. The predicted octanol–water partition coefficient (Wildman–Crippen LogP) is 17.9. The minimum Gasteiger partial charge on any atom is -0.462 e. The summed E-state index contributed by atoms with van der Waals surface area (Å²) in [7, 11) is 0. The van der Waals surface area contributed by atoms with Gasteiger partial charge in [-0.1, -0.05) is 251 Å². The van der Waals surface area contributed by atoms with Crippen LogP contribution in [0.1, 0.15) is 297 Å². The average Bonchev–Trinajstić information content (AvgIpc) is 3.27. The number of rotatable bonds is 50. The summed E-state index contributed by atoms with van der Waals surface area (Å²) in [6, 6.07) is 0. The number of allylic oxidation sites excluding steroid dienone is 4. The topological polar surface area (TPSA) is 78.9 Å². The van der Waals surface area contributed by atoms with Crippen molar-refractivity contribution in [3.63, 3.8) is 0 Å². The number of carbonyl (C=O) groups is 3. The molecule has 0 aromatic rings. The molecule has 0 heterocycles. The molecule has 0 fully saturated rings. The third-order valence-corrected chi connectivity index (χ3v) is 12.2. The SMILES string of the molecule is CCCCC/C=C\C/C=C\CCCCCCCCCCCC(=O)OCC(COC(=O)CCCCCCCC)OC(=O)CCCCCCCCCCCCCCCCCCCCC. The van der Waals surface area contributed by atoms with Gasteiger partial charge in [0.25, 0.3) is 0 Å². The number of hydrogen-bond acceptors (Lipinski definition) is 6. The Morgan fingerprint density at radius 3 is 0.919 bits per heavy atom. The maximum absolute atomic E-state index is 12.8. The van der Waals surface area contributed by atoms with Gasteiger partial charge < -0.3 is 14.2 Å². The van der Waals surface area contributed by atoms with Gasteiger partial charge in [-0.15, -0.1) is 0 Å². The third kappa shape index (κ3) is 48.9. The zero-order chi connectivity index (χ0) is 45.1. The van der Waals surface area contributed by atoms with E-state index in [0.717, 1.165) is 64.2 Å². The van der Waals surface area contributed by atoms with Gasteiger partial charge in [0.2, 0.25) is 0 Å². The molecule has 0 rings (SSSR count). The van der Waals surface area contributed by atoms with Gasteiger partial charge >= 0.3 is 17.9 Å². The smallest absolute Gasteiger partial charge is 0.306 e. The standard InChI is InChI=1S/C56H104O6/c1-4-7-10-13-16-18-20-22-24-26-28-30-32-34-36-38-40-43-46-49-55(58)61-52-53(51-60-54(57)48-45-42-15-12-9-6-3)62-56(59)50-47-44-41-39-37-35-33-31-29-27-25-23-21-19-17-14-11-8-5-2/h16,18,22,24,53H,4-15,17,19-21,23,25-52H2,1-3H3/b18-16-,24-22-. The second-order valence-corrected chi connectivity index (χ2v) is 18.5. The lowest BCUT2D eigenvalue weighted by molar-refractivity contribution is -0.167. The fraction of sp³-hybridized carbons (Fsp3) is 0.875. The van der Waals surface area contributed by atoms with Crippen molar-refractivity contribution >= 4 is 17.9 Å². The first-order valence-corrected chi connectivity index (χ1v) is 27.3. The molecule has 0 N–H and O–H groups in total. The van der Waals surface area contributed by atoms with Crippen LogP contribution in [0.3, 0.4) is 0 Å². The van der Waals surface area contributed by atoms with Gasteiger partial charge in [-0.3, -0.25) is 14.4 Å². The maximum Gasteiger partial charge on any atom is 0.306 e. The number of ether oxygens (including phenoxy) is 3. The van der Waals surface area contributed by atoms with Crippen molar-refractivity contribution in [1.82, 2.24) is 0 Å². The first-order valence-electron chi connectivity index (χ1n) is 27.3. The lowest BCUT2D eigenvalue weighted by atomic mass is 10.0. The van der Waals surface area contributed by atoms with Crippen LogP contribution in [0.5, 0.6) is 0 Å². The number of unbranched alkanes of at least 4 members (excludes halogenated alkanes) is 35. The molecule has 0 aromatic carbocycles. The molecule has 62 heavy (non-hydrogen) atoms. The molecule has 0 aromatic heterocycles. The Bertz CT molecular complexity index is 1000. The Morgan fingerprint density at radius 1 is 0.323 bits per heavy atom. The van der Waals surface area contributed by atoms with E-state index >= 15 is 0 Å². The number of carbonyl (C=O) groups excluding carboxylic acids is 3. The van der Waals surface area contributed by atoms with Crippen molar-refractivity contribution in [3.05, 3.63) is 24.3 Å². The van der Waals surface area contributed by atoms with Crippen LogP contribution in [0.4, 0.5) is 0 Å². The Labute approximate surface area is 385 Å². The summed E-state index contributed by atoms with van der Waals surface area (Å²) in [4.78, 5) is 37.8. The Kier molecular flexibility index (Phi) is 49.8. The second-order valence-electron chi connectivity index (χ2n) is 18.5. The molecular weight excluding hydrogens is 769 g/mol. The summed E-state index contributed by atoms with van der Waals surface area (Å²) >= 11 is 0. The van der Waals surface area contributed by atoms with Gasteiger partial charge in [-0.2, -0.15) is 0 Å². The van der Waals surface area contributed by atoms with Crippen molar-refractivity contribution in [3.8, 4) is 0 Å². The highest BCUT2D eigenvalue weighted by Gasteiger charge is 2.19. The molecule has 6 heteroatoms. The normalized spacial score (nSPS) is 12.1. The first kappa shape index (κ1) is 59.9. The summed E-state index contributed by atoms with van der Waals surface area (Å²) in [6.45, 7) is 6.59. The summed E-state index contributed by atoms with van der Waals surface area (Å²) in [6.07, 6.45) is 59.1. The maximum atomic E-state index is 12.8. The van der Waals surface area contributed by atoms with Crippen molar-refractivity contribution < 1.29 is 28.6 Å². The molecule has 0 bridgehead atoms. The zero-order valence-electron chi connectivity index (χ0n) is 41.7. The van der Waals surface area contributed by atoms with E-state index in [1.54, 1.807) is 0 Å². The van der Waals surface area contributed by atoms with Crippen LogP contribution in [0.15, 0.2) is 24.3 Å². The van der Waals surface area contributed by atoms with Crippen LogP contribution in [-0.4, -0.2) is 37.2 Å². The van der Waals surface area contributed by atoms with Crippen LogP contribution in [0.2, 0.25) is 0 Å². The van der Waals surface area contributed by atoms with Gasteiger partial charge in [0.1, 0.15) is 13.2 Å². The Balaban J connectivity index is 4.14. The minimum absolute atomic E-state index is 0.0690. The quantitative estimate of drug-likeness (QED) is 0.0262. The molecule has 364 valence electrons. The Morgan fingerprint density at radius 2 is 0.581 bits per heavy atom. The van der Waals surface area contributed by atoms with E-state index in [1.807, 2.05) is 0 Å². The van der Waals surface area contributed by atoms with Crippen LogP contribution >= 0.6 is 0 Å². The first-order chi connectivity index (χ1) is 30.5. The summed E-state index contributed by atoms with van der Waals surface area (Å²) in [5, 5.41) is 0. The lowest BCUT2D eigenvalue weighted by Gasteiger charge is -2.18.